The molecule has 0 aliphatic carbocycles. The summed E-state index contributed by atoms with van der Waals surface area (Å²) in [5.41, 5.74) is -0.433. The number of hydrogen-bond acceptors (Lipinski definition) is 3. The van der Waals surface area contributed by atoms with E-state index in [1.807, 2.05) is 5.32 Å². The van der Waals surface area contributed by atoms with Crippen molar-refractivity contribution in [1.29, 1.82) is 0 Å². The first-order chi connectivity index (χ1) is 8.43. The van der Waals surface area contributed by atoms with E-state index in [0.29, 0.717) is 11.6 Å². The van der Waals surface area contributed by atoms with Gasteiger partial charge >= 0.3 is 12.1 Å². The normalized spacial score (nSPS) is 12.1. The molecule has 0 unspecified atom stereocenters. The third kappa shape index (κ3) is 4.48. The van der Waals surface area contributed by atoms with Crippen LogP contribution >= 0.6 is 0 Å². The van der Waals surface area contributed by atoms with Crippen molar-refractivity contribution < 1.29 is 22.7 Å². The number of hydrogen-bond donors (Lipinski definition) is 1. The van der Waals surface area contributed by atoms with E-state index in [1.54, 1.807) is 30.3 Å². The molecule has 0 aliphatic heterocycles. The number of rotatable bonds is 4. The Labute approximate surface area is 102 Å². The van der Waals surface area contributed by atoms with E-state index in [2.05, 4.69) is 0 Å². The second kappa shape index (κ2) is 6.09. The quantitative estimate of drug-likeness (QED) is 0.666. The average Bonchev–Trinajstić information content (AvgIpc) is 2.33. The van der Waals surface area contributed by atoms with Gasteiger partial charge in [0.1, 0.15) is 12.3 Å². The molecule has 3 nitrogen and oxygen atoms in total. The van der Waals surface area contributed by atoms with Crippen LogP contribution in [0.2, 0.25) is 0 Å². The minimum absolute atomic E-state index is 0.0645. The van der Waals surface area contributed by atoms with Crippen LogP contribution in [-0.4, -0.2) is 19.2 Å². The van der Waals surface area contributed by atoms with Gasteiger partial charge in [0, 0.05) is 7.05 Å². The van der Waals surface area contributed by atoms with Gasteiger partial charge in [0.15, 0.2) is 0 Å². The largest absolute Gasteiger partial charge is 0.458 e. The molecule has 0 amide bonds. The number of ether oxygens (including phenoxy) is 1. The summed E-state index contributed by atoms with van der Waals surface area (Å²) in [6.07, 6.45) is -4.20. The highest BCUT2D eigenvalue weighted by Gasteiger charge is 2.33. The lowest BCUT2D eigenvalue weighted by Gasteiger charge is -2.10. The van der Waals surface area contributed by atoms with Crippen LogP contribution in [0.25, 0.3) is 0 Å². The number of carbonyl (C=O) groups excluding carboxylic acids is 1. The molecule has 1 aromatic rings. The molecule has 0 aliphatic rings. The molecule has 0 saturated carbocycles. The lowest BCUT2D eigenvalue weighted by Crippen LogP contribution is -2.24. The predicted octanol–water partition coefficient (Wildman–Crippen LogP) is 2.40. The van der Waals surface area contributed by atoms with Crippen molar-refractivity contribution in [1.82, 2.24) is 5.32 Å². The summed E-state index contributed by atoms with van der Waals surface area (Å²) in [4.78, 5) is 11.2. The van der Waals surface area contributed by atoms with Gasteiger partial charge in [0.25, 0.3) is 0 Å². The van der Waals surface area contributed by atoms with Crippen molar-refractivity contribution in [3.8, 4) is 0 Å². The zero-order valence-corrected chi connectivity index (χ0v) is 9.62. The van der Waals surface area contributed by atoms with Gasteiger partial charge in [0.2, 0.25) is 0 Å². The first-order valence-electron chi connectivity index (χ1n) is 5.11. The Kier molecular flexibility index (Phi) is 4.76. The minimum Gasteiger partial charge on any atom is -0.458 e. The molecule has 98 valence electrons. The van der Waals surface area contributed by atoms with Crippen LogP contribution in [0.3, 0.4) is 0 Å². The van der Waals surface area contributed by atoms with Crippen molar-refractivity contribution in [2.24, 2.45) is 0 Å². The molecule has 0 aromatic heterocycles. The van der Waals surface area contributed by atoms with Crippen LogP contribution in [0.15, 0.2) is 42.1 Å². The Hall–Kier alpha value is -1.98. The van der Waals surface area contributed by atoms with Gasteiger partial charge < -0.3 is 10.1 Å². The van der Waals surface area contributed by atoms with Crippen LogP contribution in [0, 0.1) is 0 Å². The molecule has 1 aromatic carbocycles. The number of halogens is 3. The summed E-state index contributed by atoms with van der Waals surface area (Å²) in [6.45, 7) is -0.0645. The number of nitrogens with one attached hydrogen (secondary N) is 1. The van der Waals surface area contributed by atoms with Gasteiger partial charge in [-0.05, 0) is 5.56 Å². The molecule has 1 N–H and O–H groups in total. The molecular formula is C12H12F3NO2. The molecule has 1 rings (SSSR count). The van der Waals surface area contributed by atoms with Crippen LogP contribution in [0.1, 0.15) is 5.56 Å². The zero-order valence-electron chi connectivity index (χ0n) is 9.62. The predicted molar refractivity (Wildman–Crippen MR) is 59.4 cm³/mol. The molecule has 0 radical (unpaired) electrons. The maximum absolute atomic E-state index is 12.3. The van der Waals surface area contributed by atoms with E-state index in [9.17, 15) is 18.0 Å². The fraction of sp³-hybridized carbons (Fsp3) is 0.250. The van der Waals surface area contributed by atoms with E-state index in [-0.39, 0.29) is 6.61 Å². The van der Waals surface area contributed by atoms with Crippen molar-refractivity contribution in [3.63, 3.8) is 0 Å². The lowest BCUT2D eigenvalue weighted by molar-refractivity contribution is -0.140. The monoisotopic (exact) mass is 259 g/mol. The highest BCUT2D eigenvalue weighted by atomic mass is 19.4. The molecule has 0 fully saturated rings. The first-order valence-corrected chi connectivity index (χ1v) is 5.11. The number of esters is 1. The van der Waals surface area contributed by atoms with Crippen LogP contribution < -0.4 is 5.32 Å². The molecule has 0 heterocycles. The smallest absolute Gasteiger partial charge is 0.431 e. The second-order valence-corrected chi connectivity index (χ2v) is 3.40. The van der Waals surface area contributed by atoms with Crippen molar-refractivity contribution in [3.05, 3.63) is 47.7 Å². The van der Waals surface area contributed by atoms with Crippen molar-refractivity contribution in [2.75, 3.05) is 7.05 Å². The zero-order chi connectivity index (χ0) is 13.6. The van der Waals surface area contributed by atoms with E-state index in [0.717, 1.165) is 7.05 Å². The number of allylic oxidation sites excluding steroid dienone is 1. The Balaban J connectivity index is 2.59. The Morgan fingerprint density at radius 1 is 1.33 bits per heavy atom. The molecule has 0 atom stereocenters. The molecule has 0 saturated heterocycles. The van der Waals surface area contributed by atoms with Gasteiger partial charge in [-0.15, -0.1) is 0 Å². The van der Waals surface area contributed by atoms with Gasteiger partial charge in [0.05, 0.1) is 6.08 Å². The highest BCUT2D eigenvalue weighted by molar-refractivity contribution is 5.82. The van der Waals surface area contributed by atoms with Gasteiger partial charge in [-0.25, -0.2) is 4.79 Å². The maximum Gasteiger partial charge on any atom is 0.431 e. The Bertz CT molecular complexity index is 427. The molecule has 6 heteroatoms. The molecular weight excluding hydrogens is 247 g/mol. The van der Waals surface area contributed by atoms with Gasteiger partial charge in [-0.2, -0.15) is 13.2 Å². The van der Waals surface area contributed by atoms with Gasteiger partial charge in [-0.1, -0.05) is 30.3 Å². The molecule has 18 heavy (non-hydrogen) atoms. The number of benzene rings is 1. The summed E-state index contributed by atoms with van der Waals surface area (Å²) >= 11 is 0. The standard InChI is InChI=1S/C12H12F3NO2/c1-16-10(12(13,14)15)7-11(17)18-8-9-5-3-2-4-6-9/h2-7,16H,8H2,1H3/b10-7-. The minimum atomic E-state index is -4.60. The number of carbonyl (C=O) groups is 1. The average molecular weight is 259 g/mol. The van der Waals surface area contributed by atoms with E-state index in [1.165, 1.54) is 0 Å². The second-order valence-electron chi connectivity index (χ2n) is 3.40. The van der Waals surface area contributed by atoms with E-state index in [4.69, 9.17) is 4.74 Å². The third-order valence-electron chi connectivity index (χ3n) is 2.06. The topological polar surface area (TPSA) is 38.3 Å². The molecule has 0 bridgehead atoms. The van der Waals surface area contributed by atoms with Crippen LogP contribution in [0.4, 0.5) is 13.2 Å². The SMILES string of the molecule is CN/C(=C\C(=O)OCc1ccccc1)C(F)(F)F. The summed E-state index contributed by atoms with van der Waals surface area (Å²) in [6, 6.07) is 8.69. The van der Waals surface area contributed by atoms with E-state index < -0.39 is 17.8 Å². The summed E-state index contributed by atoms with van der Waals surface area (Å²) in [5.74, 6) is -1.04. The fourth-order valence-electron chi connectivity index (χ4n) is 1.18. The van der Waals surface area contributed by atoms with Gasteiger partial charge in [-0.3, -0.25) is 0 Å². The summed E-state index contributed by atoms with van der Waals surface area (Å²) < 4.78 is 41.6. The molecule has 0 spiro atoms. The highest BCUT2D eigenvalue weighted by Crippen LogP contribution is 2.22. The van der Waals surface area contributed by atoms with E-state index >= 15 is 0 Å². The lowest BCUT2D eigenvalue weighted by atomic mass is 10.2. The van der Waals surface area contributed by atoms with Crippen LogP contribution in [0.5, 0.6) is 0 Å². The Morgan fingerprint density at radius 2 is 1.94 bits per heavy atom. The first kappa shape index (κ1) is 14.1. The number of alkyl halides is 3. The fourth-order valence-corrected chi connectivity index (χ4v) is 1.18. The van der Waals surface area contributed by atoms with Crippen molar-refractivity contribution >= 4 is 5.97 Å². The summed E-state index contributed by atoms with van der Waals surface area (Å²) in [5, 5.41) is 1.91. The Morgan fingerprint density at radius 3 is 2.44 bits per heavy atom. The maximum atomic E-state index is 12.3. The summed E-state index contributed by atoms with van der Waals surface area (Å²) in [7, 11) is 1.09. The third-order valence-corrected chi connectivity index (χ3v) is 2.06. The van der Waals surface area contributed by atoms with Crippen molar-refractivity contribution in [2.45, 2.75) is 12.8 Å². The van der Waals surface area contributed by atoms with Crippen LogP contribution in [-0.2, 0) is 16.1 Å².